The molecule has 1 aliphatic rings. The first-order chi connectivity index (χ1) is 11.5. The average Bonchev–Trinajstić information content (AvgIpc) is 3.02. The third-order valence-corrected chi connectivity index (χ3v) is 4.63. The van der Waals surface area contributed by atoms with Crippen LogP contribution in [-0.2, 0) is 6.42 Å². The van der Waals surface area contributed by atoms with Crippen LogP contribution < -0.4 is 5.32 Å². The second-order valence-electron chi connectivity index (χ2n) is 6.83. The normalized spacial score (nSPS) is 21.3. The summed E-state index contributed by atoms with van der Waals surface area (Å²) in [5.41, 5.74) is 1.71. The Bertz CT molecular complexity index is 677. The van der Waals surface area contributed by atoms with Crippen molar-refractivity contribution in [1.82, 2.24) is 20.1 Å². The summed E-state index contributed by atoms with van der Waals surface area (Å²) in [6.45, 7) is 4.05. The molecular weight excluding hydrogens is 304 g/mol. The fourth-order valence-electron chi connectivity index (χ4n) is 3.06. The highest BCUT2D eigenvalue weighted by molar-refractivity contribution is 5.93. The zero-order valence-electron chi connectivity index (χ0n) is 14.1. The Hall–Kier alpha value is -2.21. The van der Waals surface area contributed by atoms with E-state index < -0.39 is 0 Å². The number of amides is 1. The molecule has 2 N–H and O–H groups in total. The van der Waals surface area contributed by atoms with E-state index in [9.17, 15) is 9.90 Å². The molecule has 0 aliphatic heterocycles. The molecule has 0 saturated heterocycles. The van der Waals surface area contributed by atoms with Crippen LogP contribution in [0.15, 0.2) is 36.9 Å². The van der Waals surface area contributed by atoms with Crippen LogP contribution in [-0.4, -0.2) is 37.9 Å². The lowest BCUT2D eigenvalue weighted by molar-refractivity contribution is 0.0239. The van der Waals surface area contributed by atoms with E-state index in [-0.39, 0.29) is 24.1 Å². The molecule has 1 saturated carbocycles. The Balaban J connectivity index is 1.69. The molecule has 128 valence electrons. The van der Waals surface area contributed by atoms with E-state index in [0.717, 1.165) is 24.8 Å². The van der Waals surface area contributed by atoms with Gasteiger partial charge in [-0.25, -0.2) is 0 Å². The molecule has 0 radical (unpaired) electrons. The summed E-state index contributed by atoms with van der Waals surface area (Å²) in [7, 11) is 0. The number of pyridine rings is 1. The maximum Gasteiger partial charge on any atom is 0.254 e. The summed E-state index contributed by atoms with van der Waals surface area (Å²) in [6, 6.07) is 4.16. The fraction of sp³-hybridized carbons (Fsp3) is 0.500. The Morgan fingerprint density at radius 1 is 1.38 bits per heavy atom. The Morgan fingerprint density at radius 2 is 2.08 bits per heavy atom. The number of rotatable bonds is 6. The third-order valence-electron chi connectivity index (χ3n) is 4.63. The average molecular weight is 328 g/mol. The first kappa shape index (κ1) is 16.6. The minimum Gasteiger partial charge on any atom is -0.393 e. The topological polar surface area (TPSA) is 80.0 Å². The molecule has 6 nitrogen and oxygen atoms in total. The molecule has 2 aromatic heterocycles. The van der Waals surface area contributed by atoms with E-state index >= 15 is 0 Å². The van der Waals surface area contributed by atoms with Gasteiger partial charge in [-0.15, -0.1) is 0 Å². The van der Waals surface area contributed by atoms with Crippen molar-refractivity contribution in [2.24, 2.45) is 5.92 Å². The van der Waals surface area contributed by atoms with Crippen molar-refractivity contribution in [1.29, 1.82) is 0 Å². The predicted molar refractivity (Wildman–Crippen MR) is 90.5 cm³/mol. The Labute approximate surface area is 141 Å². The predicted octanol–water partition coefficient (Wildman–Crippen LogP) is 1.97. The third kappa shape index (κ3) is 3.82. The first-order valence-corrected chi connectivity index (χ1v) is 8.45. The monoisotopic (exact) mass is 328 g/mol. The molecule has 1 aliphatic carbocycles. The maximum atomic E-state index is 12.6. The van der Waals surface area contributed by atoms with Crippen LogP contribution in [0.5, 0.6) is 0 Å². The molecule has 0 bridgehead atoms. The van der Waals surface area contributed by atoms with Gasteiger partial charge in [0.1, 0.15) is 0 Å². The van der Waals surface area contributed by atoms with E-state index in [2.05, 4.69) is 15.4 Å². The first-order valence-electron chi connectivity index (χ1n) is 8.45. The fourth-order valence-corrected chi connectivity index (χ4v) is 3.06. The van der Waals surface area contributed by atoms with Crippen molar-refractivity contribution in [3.8, 4) is 0 Å². The molecule has 2 heterocycles. The molecule has 6 heteroatoms. The summed E-state index contributed by atoms with van der Waals surface area (Å²) in [4.78, 5) is 16.6. The highest BCUT2D eigenvalue weighted by atomic mass is 16.3. The van der Waals surface area contributed by atoms with E-state index in [0.29, 0.717) is 11.5 Å². The van der Waals surface area contributed by atoms with Crippen LogP contribution >= 0.6 is 0 Å². The van der Waals surface area contributed by atoms with E-state index in [4.69, 9.17) is 0 Å². The number of hydrogen-bond acceptors (Lipinski definition) is 4. The van der Waals surface area contributed by atoms with Crippen molar-refractivity contribution >= 4 is 5.91 Å². The van der Waals surface area contributed by atoms with Gasteiger partial charge in [-0.3, -0.25) is 14.5 Å². The van der Waals surface area contributed by atoms with Gasteiger partial charge in [0.2, 0.25) is 0 Å². The van der Waals surface area contributed by atoms with Gasteiger partial charge >= 0.3 is 0 Å². The number of aliphatic hydroxyl groups excluding tert-OH is 1. The van der Waals surface area contributed by atoms with Crippen molar-refractivity contribution in [3.05, 3.63) is 48.0 Å². The van der Waals surface area contributed by atoms with Crippen molar-refractivity contribution in [3.63, 3.8) is 0 Å². The number of nitrogens with one attached hydrogen (secondary N) is 1. The minimum absolute atomic E-state index is 0.00528. The van der Waals surface area contributed by atoms with E-state index in [1.54, 1.807) is 29.5 Å². The summed E-state index contributed by atoms with van der Waals surface area (Å²) in [6.07, 6.45) is 8.88. The van der Waals surface area contributed by atoms with Crippen molar-refractivity contribution in [2.45, 2.75) is 51.3 Å². The SMILES string of the molecule is CC(C)n1cc(C(=O)N[C@@H](Cc2ccncc2)C2CC(O)C2)cn1. The lowest BCUT2D eigenvalue weighted by Gasteiger charge is -2.38. The van der Waals surface area contributed by atoms with Gasteiger partial charge < -0.3 is 10.4 Å². The standard InChI is InChI=1S/C18H24N4O2/c1-12(2)22-11-15(10-20-22)18(24)21-17(14-8-16(23)9-14)7-13-3-5-19-6-4-13/h3-6,10-12,14,16-17,23H,7-9H2,1-2H3,(H,21,24)/t14?,16?,17-/m0/s1. The van der Waals surface area contributed by atoms with Crippen LogP contribution in [0.4, 0.5) is 0 Å². The number of nitrogens with zero attached hydrogens (tertiary/aromatic N) is 3. The van der Waals surface area contributed by atoms with Crippen molar-refractivity contribution < 1.29 is 9.90 Å². The lowest BCUT2D eigenvalue weighted by Crippen LogP contribution is -2.48. The smallest absolute Gasteiger partial charge is 0.254 e. The molecule has 0 unspecified atom stereocenters. The second kappa shape index (κ2) is 7.13. The van der Waals surface area contributed by atoms with E-state index in [1.165, 1.54) is 0 Å². The molecule has 24 heavy (non-hydrogen) atoms. The summed E-state index contributed by atoms with van der Waals surface area (Å²) in [5.74, 6) is 0.194. The number of carbonyl (C=O) groups excluding carboxylic acids is 1. The van der Waals surface area contributed by atoms with Crippen LogP contribution in [0.1, 0.15) is 48.7 Å². The Morgan fingerprint density at radius 3 is 2.67 bits per heavy atom. The van der Waals surface area contributed by atoms with Gasteiger partial charge in [0, 0.05) is 30.7 Å². The Kier molecular flexibility index (Phi) is 4.94. The summed E-state index contributed by atoms with van der Waals surface area (Å²) >= 11 is 0. The molecule has 0 spiro atoms. The molecule has 3 rings (SSSR count). The highest BCUT2D eigenvalue weighted by Crippen LogP contribution is 2.31. The van der Waals surface area contributed by atoms with Gasteiger partial charge in [0.05, 0.1) is 17.9 Å². The number of aromatic nitrogens is 3. The second-order valence-corrected chi connectivity index (χ2v) is 6.83. The minimum atomic E-state index is -0.240. The maximum absolute atomic E-state index is 12.6. The molecular formula is C18H24N4O2. The largest absolute Gasteiger partial charge is 0.393 e. The quantitative estimate of drug-likeness (QED) is 0.849. The molecule has 0 aromatic carbocycles. The summed E-state index contributed by atoms with van der Waals surface area (Å²) < 4.78 is 1.78. The zero-order chi connectivity index (χ0) is 17.1. The van der Waals surface area contributed by atoms with Gasteiger partial charge in [0.25, 0.3) is 5.91 Å². The number of hydrogen-bond donors (Lipinski definition) is 2. The number of carbonyl (C=O) groups is 1. The van der Waals surface area contributed by atoms with Crippen LogP contribution in [0.3, 0.4) is 0 Å². The lowest BCUT2D eigenvalue weighted by atomic mass is 9.75. The van der Waals surface area contributed by atoms with Gasteiger partial charge in [-0.2, -0.15) is 5.10 Å². The zero-order valence-corrected chi connectivity index (χ0v) is 14.1. The molecule has 1 fully saturated rings. The highest BCUT2D eigenvalue weighted by Gasteiger charge is 2.35. The molecule has 1 atom stereocenters. The van der Waals surface area contributed by atoms with Crippen LogP contribution in [0, 0.1) is 5.92 Å². The summed E-state index contributed by atoms with van der Waals surface area (Å²) in [5, 5.41) is 17.0. The van der Waals surface area contributed by atoms with E-state index in [1.807, 2.05) is 26.0 Å². The van der Waals surface area contributed by atoms with Crippen molar-refractivity contribution in [2.75, 3.05) is 0 Å². The van der Waals surface area contributed by atoms with Crippen LogP contribution in [0.25, 0.3) is 0 Å². The molecule has 1 amide bonds. The van der Waals surface area contributed by atoms with Gasteiger partial charge in [-0.1, -0.05) is 0 Å². The van der Waals surface area contributed by atoms with Gasteiger partial charge in [0.15, 0.2) is 0 Å². The number of aliphatic hydroxyl groups is 1. The van der Waals surface area contributed by atoms with Gasteiger partial charge in [-0.05, 0) is 56.7 Å². The van der Waals surface area contributed by atoms with Crippen LogP contribution in [0.2, 0.25) is 0 Å². The molecule has 2 aromatic rings.